The number of halogens is 1. The second-order valence-electron chi connectivity index (χ2n) is 4.76. The molecule has 2 aromatic heterocycles. The molecule has 5 nitrogen and oxygen atoms in total. The van der Waals surface area contributed by atoms with Gasteiger partial charge in [-0.2, -0.15) is 0 Å². The molecule has 0 aliphatic rings. The maximum absolute atomic E-state index is 12.0. The molecule has 0 aliphatic carbocycles. The third kappa shape index (κ3) is 2.71. The predicted octanol–water partition coefficient (Wildman–Crippen LogP) is 3.79. The molecule has 0 spiro atoms. The third-order valence-corrected chi connectivity index (χ3v) is 4.50. The molecule has 3 rings (SSSR count). The Hall–Kier alpha value is -2.31. The van der Waals surface area contributed by atoms with Crippen LogP contribution in [0.25, 0.3) is 21.3 Å². The number of aromatic hydroxyl groups is 1. The van der Waals surface area contributed by atoms with Gasteiger partial charge in [0.15, 0.2) is 5.56 Å². The molecule has 0 unspecified atom stereocenters. The lowest BCUT2D eigenvalue weighted by molar-refractivity contribution is 0.0521. The van der Waals surface area contributed by atoms with Crippen LogP contribution in [0.15, 0.2) is 34.4 Å². The van der Waals surface area contributed by atoms with Crippen molar-refractivity contribution < 1.29 is 14.6 Å². The van der Waals surface area contributed by atoms with E-state index in [1.807, 2.05) is 0 Å². The van der Waals surface area contributed by atoms with Gasteiger partial charge in [0.25, 0.3) is 5.56 Å². The Balaban J connectivity index is 2.26. The van der Waals surface area contributed by atoms with E-state index >= 15 is 0 Å². The molecule has 0 amide bonds. The van der Waals surface area contributed by atoms with E-state index in [-0.39, 0.29) is 17.9 Å². The summed E-state index contributed by atoms with van der Waals surface area (Å²) in [6.07, 6.45) is 0. The van der Waals surface area contributed by atoms with E-state index in [1.54, 1.807) is 36.6 Å². The smallest absolute Gasteiger partial charge is 0.347 e. The molecule has 0 aliphatic heterocycles. The summed E-state index contributed by atoms with van der Waals surface area (Å²) >= 11 is 7.16. The average Bonchev–Trinajstić information content (AvgIpc) is 2.92. The van der Waals surface area contributed by atoms with E-state index < -0.39 is 11.5 Å². The number of hydrogen-bond acceptors (Lipinski definition) is 5. The number of hydrogen-bond donors (Lipinski definition) is 2. The third-order valence-electron chi connectivity index (χ3n) is 3.35. The number of esters is 1. The number of aromatic nitrogens is 1. The fraction of sp³-hybridized carbons (Fsp3) is 0.125. The Morgan fingerprint density at radius 2 is 2.04 bits per heavy atom. The first kappa shape index (κ1) is 15.6. The van der Waals surface area contributed by atoms with E-state index in [1.165, 1.54) is 11.3 Å². The highest BCUT2D eigenvalue weighted by Gasteiger charge is 2.23. The monoisotopic (exact) mass is 349 g/mol. The summed E-state index contributed by atoms with van der Waals surface area (Å²) in [6.45, 7) is 1.74. The molecule has 3 aromatic rings. The van der Waals surface area contributed by atoms with Gasteiger partial charge in [-0.3, -0.25) is 4.79 Å². The zero-order valence-electron chi connectivity index (χ0n) is 12.1. The molecule has 7 heteroatoms. The molecule has 0 atom stereocenters. The van der Waals surface area contributed by atoms with Crippen molar-refractivity contribution in [2.45, 2.75) is 6.92 Å². The Morgan fingerprint density at radius 3 is 2.70 bits per heavy atom. The fourth-order valence-corrected chi connectivity index (χ4v) is 3.41. The lowest BCUT2D eigenvalue weighted by atomic mass is 10.0. The van der Waals surface area contributed by atoms with E-state index in [4.69, 9.17) is 16.3 Å². The number of rotatable bonds is 3. The summed E-state index contributed by atoms with van der Waals surface area (Å²) in [7, 11) is 0. The van der Waals surface area contributed by atoms with Crippen LogP contribution in [0.5, 0.6) is 5.75 Å². The second-order valence-corrected chi connectivity index (χ2v) is 6.07. The van der Waals surface area contributed by atoms with Gasteiger partial charge >= 0.3 is 5.97 Å². The van der Waals surface area contributed by atoms with E-state index in [0.29, 0.717) is 20.8 Å². The number of carbonyl (C=O) groups excluding carboxylic acids is 1. The SMILES string of the molecule is CCOC(=O)c1c(O)c2c(-c3ccc(Cl)cc3)csc2[nH]c1=O. The van der Waals surface area contributed by atoms with Gasteiger partial charge in [-0.05, 0) is 24.6 Å². The minimum Gasteiger partial charge on any atom is -0.506 e. The minimum atomic E-state index is -0.846. The number of H-pyrrole nitrogens is 1. The Morgan fingerprint density at radius 1 is 1.35 bits per heavy atom. The highest BCUT2D eigenvalue weighted by Crippen LogP contribution is 2.39. The van der Waals surface area contributed by atoms with Crippen molar-refractivity contribution in [2.75, 3.05) is 6.61 Å². The first-order valence-electron chi connectivity index (χ1n) is 6.82. The van der Waals surface area contributed by atoms with Gasteiger partial charge in [0, 0.05) is 16.0 Å². The van der Waals surface area contributed by atoms with Crippen molar-refractivity contribution in [1.29, 1.82) is 0 Å². The molecule has 118 valence electrons. The van der Waals surface area contributed by atoms with Crippen molar-refractivity contribution in [2.24, 2.45) is 0 Å². The second kappa shape index (κ2) is 6.06. The topological polar surface area (TPSA) is 79.4 Å². The summed E-state index contributed by atoms with van der Waals surface area (Å²) in [5.41, 5.74) is 0.477. The van der Waals surface area contributed by atoms with Gasteiger partial charge in [0.05, 0.1) is 12.0 Å². The maximum atomic E-state index is 12.0. The number of thiophene rings is 1. The number of nitrogens with one attached hydrogen (secondary N) is 1. The minimum absolute atomic E-state index is 0.115. The fourth-order valence-electron chi connectivity index (χ4n) is 2.32. The summed E-state index contributed by atoms with van der Waals surface area (Å²) in [4.78, 5) is 27.1. The zero-order chi connectivity index (χ0) is 16.6. The van der Waals surface area contributed by atoms with Crippen molar-refractivity contribution in [3.63, 3.8) is 0 Å². The molecule has 0 fully saturated rings. The Kier molecular flexibility index (Phi) is 4.11. The van der Waals surface area contributed by atoms with Gasteiger partial charge in [0.2, 0.25) is 0 Å². The van der Waals surface area contributed by atoms with Crippen LogP contribution in [0.1, 0.15) is 17.3 Å². The van der Waals surface area contributed by atoms with Crippen LogP contribution >= 0.6 is 22.9 Å². The van der Waals surface area contributed by atoms with Crippen molar-refractivity contribution in [3.05, 3.63) is 50.6 Å². The van der Waals surface area contributed by atoms with Crippen LogP contribution in [-0.2, 0) is 4.74 Å². The maximum Gasteiger partial charge on any atom is 0.347 e. The molecule has 23 heavy (non-hydrogen) atoms. The van der Waals surface area contributed by atoms with Gasteiger partial charge in [-0.15, -0.1) is 11.3 Å². The molecule has 2 heterocycles. The van der Waals surface area contributed by atoms with Crippen LogP contribution in [0.4, 0.5) is 0 Å². The predicted molar refractivity (Wildman–Crippen MR) is 90.5 cm³/mol. The Bertz CT molecular complexity index is 943. The highest BCUT2D eigenvalue weighted by molar-refractivity contribution is 7.17. The molecule has 1 aromatic carbocycles. The van der Waals surface area contributed by atoms with Gasteiger partial charge in [0.1, 0.15) is 10.6 Å². The Labute approximate surface area is 140 Å². The molecule has 2 N–H and O–H groups in total. The molecule has 0 bridgehead atoms. The largest absolute Gasteiger partial charge is 0.506 e. The number of benzene rings is 1. The molecule has 0 saturated heterocycles. The van der Waals surface area contributed by atoms with E-state index in [2.05, 4.69) is 4.98 Å². The highest BCUT2D eigenvalue weighted by atomic mass is 35.5. The van der Waals surface area contributed by atoms with Crippen LogP contribution in [-0.4, -0.2) is 22.7 Å². The van der Waals surface area contributed by atoms with Crippen molar-refractivity contribution in [1.82, 2.24) is 4.98 Å². The quantitative estimate of drug-likeness (QED) is 0.705. The number of aromatic amines is 1. The van der Waals surface area contributed by atoms with E-state index in [9.17, 15) is 14.7 Å². The number of carbonyl (C=O) groups is 1. The van der Waals surface area contributed by atoms with Crippen LogP contribution < -0.4 is 5.56 Å². The first-order chi connectivity index (χ1) is 11.0. The lowest BCUT2D eigenvalue weighted by Gasteiger charge is -2.06. The average molecular weight is 350 g/mol. The van der Waals surface area contributed by atoms with Crippen LogP contribution in [0, 0.1) is 0 Å². The lowest BCUT2D eigenvalue weighted by Crippen LogP contribution is -2.19. The van der Waals surface area contributed by atoms with E-state index in [0.717, 1.165) is 5.56 Å². The summed E-state index contributed by atoms with van der Waals surface area (Å²) in [6, 6.07) is 7.07. The molecular weight excluding hydrogens is 338 g/mol. The summed E-state index contributed by atoms with van der Waals surface area (Å²) in [5, 5.41) is 13.3. The molecular formula is C16H12ClNO4S. The van der Waals surface area contributed by atoms with Gasteiger partial charge in [-0.25, -0.2) is 4.79 Å². The molecule has 0 saturated carbocycles. The zero-order valence-corrected chi connectivity index (χ0v) is 13.6. The number of fused-ring (bicyclic) bond motifs is 1. The summed E-state index contributed by atoms with van der Waals surface area (Å²) in [5.74, 6) is -1.21. The van der Waals surface area contributed by atoms with Crippen LogP contribution in [0.2, 0.25) is 5.02 Å². The number of ether oxygens (including phenoxy) is 1. The standard InChI is InChI=1S/C16H12ClNO4S/c1-2-22-16(21)12-13(19)11-10(7-23-15(11)18-14(12)20)8-3-5-9(17)6-4-8/h3-7H,2H2,1H3,(H2,18,19,20). The summed E-state index contributed by atoms with van der Waals surface area (Å²) < 4.78 is 4.84. The van der Waals surface area contributed by atoms with Gasteiger partial charge < -0.3 is 14.8 Å². The molecule has 0 radical (unpaired) electrons. The van der Waals surface area contributed by atoms with Crippen LogP contribution in [0.3, 0.4) is 0 Å². The number of pyridine rings is 1. The van der Waals surface area contributed by atoms with Crippen molar-refractivity contribution in [3.8, 4) is 16.9 Å². The normalized spacial score (nSPS) is 10.9. The van der Waals surface area contributed by atoms with Gasteiger partial charge in [-0.1, -0.05) is 23.7 Å². The van der Waals surface area contributed by atoms with Crippen molar-refractivity contribution >= 4 is 39.1 Å². The first-order valence-corrected chi connectivity index (χ1v) is 8.08.